The summed E-state index contributed by atoms with van der Waals surface area (Å²) in [6, 6.07) is 17.2. The van der Waals surface area contributed by atoms with E-state index in [2.05, 4.69) is 4.98 Å². The van der Waals surface area contributed by atoms with Crippen LogP contribution >= 0.6 is 11.6 Å². The summed E-state index contributed by atoms with van der Waals surface area (Å²) in [5.41, 5.74) is 2.26. The van der Waals surface area contributed by atoms with Gasteiger partial charge in [0.05, 0.1) is 5.69 Å². The lowest BCUT2D eigenvalue weighted by Gasteiger charge is -2.18. The first-order valence-corrected chi connectivity index (χ1v) is 8.78. The summed E-state index contributed by atoms with van der Waals surface area (Å²) in [5, 5.41) is 0.649. The highest BCUT2D eigenvalue weighted by atomic mass is 35.5. The topological polar surface area (TPSA) is 44.1 Å². The van der Waals surface area contributed by atoms with Crippen molar-refractivity contribution in [1.82, 2.24) is 9.55 Å². The molecule has 0 N–H and O–H groups in total. The van der Waals surface area contributed by atoms with Crippen LogP contribution in [0.4, 0.5) is 0 Å². The molecule has 0 aliphatic rings. The van der Waals surface area contributed by atoms with Crippen LogP contribution in [0.15, 0.2) is 54.6 Å². The van der Waals surface area contributed by atoms with Gasteiger partial charge in [0.2, 0.25) is 0 Å². The summed E-state index contributed by atoms with van der Waals surface area (Å²) in [4.78, 5) is 17.3. The molecular formula is C21H21ClN2O2. The monoisotopic (exact) mass is 368 g/mol. The second-order valence-corrected chi connectivity index (χ2v) is 7.49. The summed E-state index contributed by atoms with van der Waals surface area (Å²) in [6.07, 6.45) is 0. The van der Waals surface area contributed by atoms with Gasteiger partial charge < -0.3 is 4.74 Å². The van der Waals surface area contributed by atoms with Crippen molar-refractivity contribution in [1.29, 1.82) is 0 Å². The smallest absolute Gasteiger partial charge is 0.359 e. The molecule has 0 amide bonds. The predicted octanol–water partition coefficient (Wildman–Crippen LogP) is 5.46. The number of halogens is 1. The van der Waals surface area contributed by atoms with Gasteiger partial charge in [-0.1, -0.05) is 29.8 Å². The molecule has 3 aromatic rings. The van der Waals surface area contributed by atoms with Gasteiger partial charge in [0.15, 0.2) is 5.69 Å². The molecule has 0 aliphatic heterocycles. The van der Waals surface area contributed by atoms with Crippen LogP contribution in [0.2, 0.25) is 5.02 Å². The van der Waals surface area contributed by atoms with Gasteiger partial charge in [-0.2, -0.15) is 0 Å². The lowest BCUT2D eigenvalue weighted by atomic mass is 10.2. The number of para-hydroxylation sites is 1. The molecule has 0 unspecified atom stereocenters. The maximum atomic E-state index is 12.6. The van der Waals surface area contributed by atoms with Crippen LogP contribution in [0.5, 0.6) is 0 Å². The largest absolute Gasteiger partial charge is 0.455 e. The third-order valence-electron chi connectivity index (χ3n) is 3.82. The number of rotatable bonds is 3. The maximum absolute atomic E-state index is 12.6. The van der Waals surface area contributed by atoms with Crippen molar-refractivity contribution in [3.63, 3.8) is 0 Å². The van der Waals surface area contributed by atoms with Gasteiger partial charge in [-0.25, -0.2) is 9.78 Å². The van der Waals surface area contributed by atoms with Crippen molar-refractivity contribution in [3.8, 4) is 17.1 Å². The molecule has 0 atom stereocenters. The number of hydrogen-bond acceptors (Lipinski definition) is 3. The first-order chi connectivity index (χ1) is 12.3. The lowest BCUT2D eigenvalue weighted by Crippen LogP contribution is -2.24. The van der Waals surface area contributed by atoms with Crippen LogP contribution in [-0.4, -0.2) is 21.1 Å². The van der Waals surface area contributed by atoms with Gasteiger partial charge in [-0.3, -0.25) is 4.57 Å². The van der Waals surface area contributed by atoms with E-state index in [1.54, 1.807) is 0 Å². The SMILES string of the molecule is Cc1c(C(=O)OC(C)(C)C)nc(-c2ccc(Cl)cc2)n1-c1ccccc1. The molecule has 0 aliphatic carbocycles. The number of carbonyl (C=O) groups excluding carboxylic acids is 1. The van der Waals surface area contributed by atoms with Gasteiger partial charge in [-0.15, -0.1) is 0 Å². The Morgan fingerprint density at radius 3 is 2.23 bits per heavy atom. The fourth-order valence-electron chi connectivity index (χ4n) is 2.71. The molecule has 0 radical (unpaired) electrons. The Kier molecular flexibility index (Phi) is 4.88. The second kappa shape index (κ2) is 6.96. The maximum Gasteiger partial charge on any atom is 0.359 e. The first kappa shape index (κ1) is 18.2. The summed E-state index contributed by atoms with van der Waals surface area (Å²) < 4.78 is 7.49. The van der Waals surface area contributed by atoms with E-state index in [0.29, 0.717) is 16.5 Å². The average Bonchev–Trinajstić information content (AvgIpc) is 2.92. The molecule has 4 nitrogen and oxygen atoms in total. The standard InChI is InChI=1S/C21H21ClN2O2/c1-14-18(20(25)26-21(2,3)4)23-19(15-10-12-16(22)13-11-15)24(14)17-8-6-5-7-9-17/h5-13H,1-4H3. The molecule has 134 valence electrons. The zero-order valence-corrected chi connectivity index (χ0v) is 16.0. The van der Waals surface area contributed by atoms with Crippen LogP contribution in [0.25, 0.3) is 17.1 Å². The second-order valence-electron chi connectivity index (χ2n) is 7.05. The van der Waals surface area contributed by atoms with Crippen molar-refractivity contribution in [3.05, 3.63) is 71.0 Å². The quantitative estimate of drug-likeness (QED) is 0.577. The molecule has 5 heteroatoms. The lowest BCUT2D eigenvalue weighted by molar-refractivity contribution is 0.00626. The van der Waals surface area contributed by atoms with Crippen molar-refractivity contribution in [2.24, 2.45) is 0 Å². The van der Waals surface area contributed by atoms with Crippen LogP contribution in [-0.2, 0) is 4.74 Å². The molecule has 0 saturated carbocycles. The molecule has 0 saturated heterocycles. The Balaban J connectivity index is 2.17. The van der Waals surface area contributed by atoms with Crippen LogP contribution in [0.3, 0.4) is 0 Å². The Hall–Kier alpha value is -2.59. The van der Waals surface area contributed by atoms with E-state index >= 15 is 0 Å². The van der Waals surface area contributed by atoms with Gasteiger partial charge in [0.25, 0.3) is 0 Å². The van der Waals surface area contributed by atoms with E-state index in [-0.39, 0.29) is 0 Å². The highest BCUT2D eigenvalue weighted by Crippen LogP contribution is 2.28. The van der Waals surface area contributed by atoms with Crippen LogP contribution < -0.4 is 0 Å². The highest BCUT2D eigenvalue weighted by Gasteiger charge is 2.26. The van der Waals surface area contributed by atoms with E-state index in [9.17, 15) is 4.79 Å². The molecule has 1 heterocycles. The summed E-state index contributed by atoms with van der Waals surface area (Å²) in [5.74, 6) is 0.242. The van der Waals surface area contributed by atoms with E-state index in [0.717, 1.165) is 16.9 Å². The number of carbonyl (C=O) groups is 1. The van der Waals surface area contributed by atoms with Gasteiger partial charge in [0.1, 0.15) is 11.4 Å². The third kappa shape index (κ3) is 3.81. The van der Waals surface area contributed by atoms with E-state index in [4.69, 9.17) is 16.3 Å². The van der Waals surface area contributed by atoms with Crippen LogP contribution in [0.1, 0.15) is 37.0 Å². The molecule has 0 fully saturated rings. The number of esters is 1. The minimum Gasteiger partial charge on any atom is -0.455 e. The Labute approximate surface area is 158 Å². The number of nitrogens with zero attached hydrogens (tertiary/aromatic N) is 2. The Morgan fingerprint density at radius 2 is 1.65 bits per heavy atom. The van der Waals surface area contributed by atoms with Crippen molar-refractivity contribution in [2.45, 2.75) is 33.3 Å². The van der Waals surface area contributed by atoms with E-state index in [1.807, 2.05) is 86.9 Å². The molecule has 0 bridgehead atoms. The summed E-state index contributed by atoms with van der Waals surface area (Å²) in [7, 11) is 0. The van der Waals surface area contributed by atoms with E-state index < -0.39 is 11.6 Å². The zero-order valence-electron chi connectivity index (χ0n) is 15.3. The van der Waals surface area contributed by atoms with Gasteiger partial charge in [-0.05, 0) is 64.1 Å². The molecule has 1 aromatic heterocycles. The van der Waals surface area contributed by atoms with E-state index in [1.165, 1.54) is 0 Å². The number of ether oxygens (including phenoxy) is 1. The van der Waals surface area contributed by atoms with Crippen molar-refractivity contribution < 1.29 is 9.53 Å². The molecule has 0 spiro atoms. The fraction of sp³-hybridized carbons (Fsp3) is 0.238. The molecule has 26 heavy (non-hydrogen) atoms. The Bertz CT molecular complexity index is 923. The average molecular weight is 369 g/mol. The van der Waals surface area contributed by atoms with Gasteiger partial charge >= 0.3 is 5.97 Å². The number of benzene rings is 2. The summed E-state index contributed by atoms with van der Waals surface area (Å²) >= 11 is 6.01. The van der Waals surface area contributed by atoms with Crippen molar-refractivity contribution in [2.75, 3.05) is 0 Å². The molecule has 3 rings (SSSR count). The normalized spacial score (nSPS) is 11.4. The zero-order chi connectivity index (χ0) is 18.9. The number of imidazole rings is 1. The first-order valence-electron chi connectivity index (χ1n) is 8.40. The minimum absolute atomic E-state index is 0.314. The Morgan fingerprint density at radius 1 is 1.04 bits per heavy atom. The fourth-order valence-corrected chi connectivity index (χ4v) is 2.83. The van der Waals surface area contributed by atoms with Gasteiger partial charge in [0, 0.05) is 16.3 Å². The highest BCUT2D eigenvalue weighted by molar-refractivity contribution is 6.30. The predicted molar refractivity (Wildman–Crippen MR) is 104 cm³/mol. The number of hydrogen-bond donors (Lipinski definition) is 0. The summed E-state index contributed by atoms with van der Waals surface area (Å²) in [6.45, 7) is 7.40. The third-order valence-corrected chi connectivity index (χ3v) is 4.07. The molecular weight excluding hydrogens is 348 g/mol. The molecule has 2 aromatic carbocycles. The van der Waals surface area contributed by atoms with Crippen molar-refractivity contribution >= 4 is 17.6 Å². The number of aromatic nitrogens is 2. The minimum atomic E-state index is -0.583. The van der Waals surface area contributed by atoms with Crippen LogP contribution in [0, 0.1) is 6.92 Å².